The van der Waals surface area contributed by atoms with Crippen LogP contribution in [0.1, 0.15) is 19.5 Å². The topological polar surface area (TPSA) is 85.6 Å². The third-order valence-electron chi connectivity index (χ3n) is 2.96. The van der Waals surface area contributed by atoms with Crippen molar-refractivity contribution in [1.82, 2.24) is 4.98 Å². The molecule has 0 fully saturated rings. The number of amides is 1. The maximum atomic E-state index is 13.2. The SMILES string of the molecule is CCN(C(C)=O)c1nc(COc2cc(F)ccc2[N+](=O)[O-])cs1. The van der Waals surface area contributed by atoms with Crippen molar-refractivity contribution in [2.45, 2.75) is 20.5 Å². The van der Waals surface area contributed by atoms with Crippen LogP contribution in [0.5, 0.6) is 5.75 Å². The quantitative estimate of drug-likeness (QED) is 0.596. The van der Waals surface area contributed by atoms with Gasteiger partial charge in [0.1, 0.15) is 12.4 Å². The highest BCUT2D eigenvalue weighted by Crippen LogP contribution is 2.29. The van der Waals surface area contributed by atoms with Crippen LogP contribution in [0, 0.1) is 15.9 Å². The summed E-state index contributed by atoms with van der Waals surface area (Å²) in [5, 5.41) is 13.1. The molecule has 0 saturated carbocycles. The van der Waals surface area contributed by atoms with Crippen LogP contribution >= 0.6 is 11.3 Å². The Morgan fingerprint density at radius 1 is 1.52 bits per heavy atom. The summed E-state index contributed by atoms with van der Waals surface area (Å²) in [5.41, 5.74) is 0.184. The summed E-state index contributed by atoms with van der Waals surface area (Å²) in [6, 6.07) is 3.00. The van der Waals surface area contributed by atoms with Gasteiger partial charge in [0.25, 0.3) is 0 Å². The van der Waals surface area contributed by atoms with Crippen molar-refractivity contribution in [1.29, 1.82) is 0 Å². The molecule has 0 atom stereocenters. The van der Waals surface area contributed by atoms with Gasteiger partial charge in [0, 0.05) is 31.0 Å². The summed E-state index contributed by atoms with van der Waals surface area (Å²) in [6.45, 7) is 3.70. The molecule has 1 aromatic heterocycles. The fourth-order valence-electron chi connectivity index (χ4n) is 1.89. The highest BCUT2D eigenvalue weighted by molar-refractivity contribution is 7.14. The van der Waals surface area contributed by atoms with Gasteiger partial charge in [0.05, 0.1) is 10.6 Å². The van der Waals surface area contributed by atoms with Crippen molar-refractivity contribution in [2.75, 3.05) is 11.4 Å². The molecule has 2 aromatic rings. The molecule has 7 nitrogen and oxygen atoms in total. The number of halogens is 1. The Morgan fingerprint density at radius 3 is 2.87 bits per heavy atom. The van der Waals surface area contributed by atoms with E-state index >= 15 is 0 Å². The highest BCUT2D eigenvalue weighted by atomic mass is 32.1. The lowest BCUT2D eigenvalue weighted by Gasteiger charge is -2.14. The van der Waals surface area contributed by atoms with Gasteiger partial charge in [-0.05, 0) is 13.0 Å². The molecule has 1 aromatic carbocycles. The van der Waals surface area contributed by atoms with Crippen molar-refractivity contribution in [2.24, 2.45) is 0 Å². The first kappa shape index (κ1) is 16.8. The Hall–Kier alpha value is -2.55. The first-order valence-corrected chi connectivity index (χ1v) is 7.59. The van der Waals surface area contributed by atoms with Crippen molar-refractivity contribution in [3.8, 4) is 5.75 Å². The molecule has 122 valence electrons. The van der Waals surface area contributed by atoms with E-state index in [4.69, 9.17) is 4.74 Å². The molecule has 2 rings (SSSR count). The average molecular weight is 339 g/mol. The molecule has 0 unspecified atom stereocenters. The number of carbonyl (C=O) groups excluding carboxylic acids is 1. The number of aromatic nitrogens is 1. The molecule has 0 aliphatic heterocycles. The smallest absolute Gasteiger partial charge is 0.311 e. The highest BCUT2D eigenvalue weighted by Gasteiger charge is 2.17. The summed E-state index contributed by atoms with van der Waals surface area (Å²) in [4.78, 5) is 27.5. The minimum absolute atomic E-state index is 0.0593. The second-order valence-electron chi connectivity index (χ2n) is 4.54. The first-order valence-electron chi connectivity index (χ1n) is 6.71. The maximum absolute atomic E-state index is 13.2. The summed E-state index contributed by atoms with van der Waals surface area (Å²) in [7, 11) is 0. The molecule has 0 saturated heterocycles. The molecule has 0 aliphatic rings. The van der Waals surface area contributed by atoms with Crippen molar-refractivity contribution < 1.29 is 18.8 Å². The number of hydrogen-bond donors (Lipinski definition) is 0. The lowest BCUT2D eigenvalue weighted by Crippen LogP contribution is -2.27. The molecule has 23 heavy (non-hydrogen) atoms. The van der Waals surface area contributed by atoms with Gasteiger partial charge in [-0.15, -0.1) is 11.3 Å². The van der Waals surface area contributed by atoms with Gasteiger partial charge >= 0.3 is 5.69 Å². The minimum Gasteiger partial charge on any atom is -0.480 e. The largest absolute Gasteiger partial charge is 0.480 e. The second kappa shape index (κ2) is 7.14. The maximum Gasteiger partial charge on any atom is 0.311 e. The first-order chi connectivity index (χ1) is 10.9. The Kier molecular flexibility index (Phi) is 5.22. The predicted molar refractivity (Wildman–Crippen MR) is 83.2 cm³/mol. The van der Waals surface area contributed by atoms with Gasteiger partial charge in [-0.25, -0.2) is 9.37 Å². The normalized spacial score (nSPS) is 10.4. The average Bonchev–Trinajstić information content (AvgIpc) is 2.93. The summed E-state index contributed by atoms with van der Waals surface area (Å²) in [6.07, 6.45) is 0. The number of nitro benzene ring substituents is 1. The van der Waals surface area contributed by atoms with Gasteiger partial charge in [-0.1, -0.05) is 0 Å². The second-order valence-corrected chi connectivity index (χ2v) is 5.38. The van der Waals surface area contributed by atoms with E-state index < -0.39 is 10.7 Å². The van der Waals surface area contributed by atoms with Crippen LogP contribution in [-0.4, -0.2) is 22.4 Å². The minimum atomic E-state index is -0.643. The van der Waals surface area contributed by atoms with Crippen LogP contribution in [-0.2, 0) is 11.4 Å². The van der Waals surface area contributed by atoms with Crippen LogP contribution in [0.2, 0.25) is 0 Å². The Bertz CT molecular complexity index is 735. The van der Waals surface area contributed by atoms with E-state index in [1.165, 1.54) is 23.2 Å². The number of nitrogens with zero attached hydrogens (tertiary/aromatic N) is 3. The van der Waals surface area contributed by atoms with Crippen LogP contribution in [0.4, 0.5) is 15.2 Å². The molecule has 0 N–H and O–H groups in total. The zero-order chi connectivity index (χ0) is 17.0. The zero-order valence-corrected chi connectivity index (χ0v) is 13.3. The monoisotopic (exact) mass is 339 g/mol. The van der Waals surface area contributed by atoms with Gasteiger partial charge in [-0.3, -0.25) is 19.8 Å². The molecule has 0 spiro atoms. The third-order valence-corrected chi connectivity index (χ3v) is 3.87. The number of anilines is 1. The van der Waals surface area contributed by atoms with Crippen molar-refractivity contribution >= 4 is 28.1 Å². The molecule has 0 aliphatic carbocycles. The molecule has 1 amide bonds. The number of nitro groups is 1. The van der Waals surface area contributed by atoms with E-state index in [0.717, 1.165) is 18.2 Å². The molecule has 0 radical (unpaired) electrons. The van der Waals surface area contributed by atoms with Crippen molar-refractivity contribution in [3.63, 3.8) is 0 Å². The molecule has 0 bridgehead atoms. The van der Waals surface area contributed by atoms with Gasteiger partial charge < -0.3 is 4.74 Å². The zero-order valence-electron chi connectivity index (χ0n) is 12.5. The summed E-state index contributed by atoms with van der Waals surface area (Å²) >= 11 is 1.27. The standard InChI is InChI=1S/C14H14FN3O4S/c1-3-17(9(2)19)14-16-11(8-23-14)7-22-13-6-10(15)4-5-12(13)18(20)21/h4-6,8H,3,7H2,1-2H3. The van der Waals surface area contributed by atoms with Crippen LogP contribution in [0.25, 0.3) is 0 Å². The van der Waals surface area contributed by atoms with Crippen molar-refractivity contribution in [3.05, 3.63) is 45.2 Å². The van der Waals surface area contributed by atoms with Crippen LogP contribution in [0.15, 0.2) is 23.6 Å². The van der Waals surface area contributed by atoms with E-state index in [2.05, 4.69) is 4.98 Å². The van der Waals surface area contributed by atoms with Gasteiger partial charge in [0.2, 0.25) is 5.91 Å². The fraction of sp³-hybridized carbons (Fsp3) is 0.286. The van der Waals surface area contributed by atoms with E-state index in [0.29, 0.717) is 17.4 Å². The lowest BCUT2D eigenvalue weighted by atomic mass is 10.3. The Morgan fingerprint density at radius 2 is 2.26 bits per heavy atom. The van der Waals surface area contributed by atoms with Crippen LogP contribution in [0.3, 0.4) is 0 Å². The van der Waals surface area contributed by atoms with Crippen LogP contribution < -0.4 is 9.64 Å². The molecule has 9 heteroatoms. The number of rotatable bonds is 6. The predicted octanol–water partition coefficient (Wildman–Crippen LogP) is 3.14. The van der Waals surface area contributed by atoms with Gasteiger partial charge in [-0.2, -0.15) is 0 Å². The Balaban J connectivity index is 2.13. The van der Waals surface area contributed by atoms with Gasteiger partial charge in [0.15, 0.2) is 10.9 Å². The summed E-state index contributed by atoms with van der Waals surface area (Å²) in [5.74, 6) is -0.920. The molecule has 1 heterocycles. The number of benzene rings is 1. The third kappa shape index (κ3) is 4.01. The van der Waals surface area contributed by atoms with E-state index in [-0.39, 0.29) is 24.0 Å². The number of ether oxygens (including phenoxy) is 1. The lowest BCUT2D eigenvalue weighted by molar-refractivity contribution is -0.386. The fourth-order valence-corrected chi connectivity index (χ4v) is 2.80. The molecular weight excluding hydrogens is 325 g/mol. The number of carbonyl (C=O) groups is 1. The summed E-state index contributed by atoms with van der Waals surface area (Å²) < 4.78 is 18.5. The number of thiazole rings is 1. The number of hydrogen-bond acceptors (Lipinski definition) is 6. The molecular formula is C14H14FN3O4S. The Labute approximate surface area is 135 Å². The van der Waals surface area contributed by atoms with E-state index in [1.54, 1.807) is 5.38 Å². The van der Waals surface area contributed by atoms with E-state index in [9.17, 15) is 19.3 Å². The van der Waals surface area contributed by atoms with E-state index in [1.807, 2.05) is 6.92 Å².